The molecule has 10 heteroatoms. The number of aromatic amines is 2. The third-order valence-electron chi connectivity index (χ3n) is 4.99. The van der Waals surface area contributed by atoms with Crippen LogP contribution >= 0.6 is 23.8 Å². The summed E-state index contributed by atoms with van der Waals surface area (Å²) in [5, 5.41) is 3.27. The predicted octanol–water partition coefficient (Wildman–Crippen LogP) is 3.41. The normalized spacial score (nSPS) is 14.8. The Kier molecular flexibility index (Phi) is 5.85. The number of benzene rings is 2. The summed E-state index contributed by atoms with van der Waals surface area (Å²) in [6, 6.07) is 9.55. The molecule has 1 fully saturated rings. The van der Waals surface area contributed by atoms with Gasteiger partial charge in [0.05, 0.1) is 33.9 Å². The fourth-order valence-electron chi connectivity index (χ4n) is 3.51. The summed E-state index contributed by atoms with van der Waals surface area (Å²) in [4.78, 5) is 34.6. The van der Waals surface area contributed by atoms with Crippen LogP contribution in [0.15, 0.2) is 36.4 Å². The number of hydrogen-bond donors (Lipinski definition) is 3. The minimum Gasteiger partial charge on any atom is -0.336 e. The summed E-state index contributed by atoms with van der Waals surface area (Å²) >= 11 is 11.1. The molecule has 1 aliphatic heterocycles. The van der Waals surface area contributed by atoms with Crippen LogP contribution in [0.5, 0.6) is 0 Å². The Morgan fingerprint density at radius 3 is 2.60 bits per heavy atom. The number of nitrogens with zero attached hydrogens (tertiary/aromatic N) is 2. The van der Waals surface area contributed by atoms with Crippen LogP contribution in [-0.4, -0.2) is 64.3 Å². The zero-order valence-electron chi connectivity index (χ0n) is 15.9. The number of nitrogens with one attached hydrogen (secondary N) is 3. The molecule has 3 aromatic rings. The van der Waals surface area contributed by atoms with Crippen molar-refractivity contribution in [3.8, 4) is 0 Å². The molecule has 0 radical (unpaired) electrons. The predicted molar refractivity (Wildman–Crippen MR) is 116 cm³/mol. The fourth-order valence-corrected chi connectivity index (χ4v) is 3.91. The van der Waals surface area contributed by atoms with Crippen molar-refractivity contribution >= 4 is 52.4 Å². The number of fused-ring (bicyclic) bond motifs is 1. The molecular formula is C20H19ClFN5O2S. The van der Waals surface area contributed by atoms with Crippen molar-refractivity contribution in [3.63, 3.8) is 0 Å². The molecule has 2 heterocycles. The van der Waals surface area contributed by atoms with Gasteiger partial charge in [0.1, 0.15) is 5.82 Å². The van der Waals surface area contributed by atoms with Crippen molar-refractivity contribution in [3.05, 3.63) is 57.6 Å². The number of amides is 2. The Balaban J connectivity index is 1.38. The van der Waals surface area contributed by atoms with Crippen LogP contribution in [0.3, 0.4) is 0 Å². The van der Waals surface area contributed by atoms with Crippen LogP contribution < -0.4 is 5.32 Å². The minimum atomic E-state index is -0.508. The van der Waals surface area contributed by atoms with E-state index in [1.54, 1.807) is 29.2 Å². The maximum Gasteiger partial charge on any atom is 0.256 e. The average molecular weight is 448 g/mol. The third-order valence-corrected chi connectivity index (χ3v) is 5.53. The van der Waals surface area contributed by atoms with E-state index in [-0.39, 0.29) is 23.9 Å². The van der Waals surface area contributed by atoms with Gasteiger partial charge in [0, 0.05) is 26.2 Å². The molecule has 3 N–H and O–H groups in total. The van der Waals surface area contributed by atoms with Gasteiger partial charge < -0.3 is 20.2 Å². The minimum absolute atomic E-state index is 0.172. The Morgan fingerprint density at radius 2 is 1.87 bits per heavy atom. The topological polar surface area (TPSA) is 84.2 Å². The van der Waals surface area contributed by atoms with Gasteiger partial charge in [-0.05, 0) is 36.5 Å². The van der Waals surface area contributed by atoms with Gasteiger partial charge in [-0.2, -0.15) is 0 Å². The van der Waals surface area contributed by atoms with E-state index in [9.17, 15) is 14.0 Å². The molecule has 1 aromatic heterocycles. The highest BCUT2D eigenvalue weighted by molar-refractivity contribution is 7.71. The number of rotatable bonds is 4. The van der Waals surface area contributed by atoms with E-state index in [0.717, 1.165) is 0 Å². The molecule has 0 bridgehead atoms. The summed E-state index contributed by atoms with van der Waals surface area (Å²) < 4.78 is 14.3. The lowest BCUT2D eigenvalue weighted by Crippen LogP contribution is -2.50. The summed E-state index contributed by atoms with van der Waals surface area (Å²) in [6.07, 6.45) is 0. The quantitative estimate of drug-likeness (QED) is 0.535. The van der Waals surface area contributed by atoms with Crippen molar-refractivity contribution in [2.24, 2.45) is 0 Å². The van der Waals surface area contributed by atoms with Gasteiger partial charge >= 0.3 is 0 Å². The monoisotopic (exact) mass is 447 g/mol. The zero-order chi connectivity index (χ0) is 21.3. The van der Waals surface area contributed by atoms with Gasteiger partial charge in [-0.3, -0.25) is 14.5 Å². The highest BCUT2D eigenvalue weighted by atomic mass is 35.5. The summed E-state index contributed by atoms with van der Waals surface area (Å²) in [6.45, 7) is 2.12. The molecule has 0 spiro atoms. The molecule has 0 unspecified atom stereocenters. The number of halogens is 2. The van der Waals surface area contributed by atoms with Crippen LogP contribution in [0.4, 0.5) is 10.1 Å². The van der Waals surface area contributed by atoms with Crippen molar-refractivity contribution in [1.29, 1.82) is 0 Å². The lowest BCUT2D eigenvalue weighted by Gasteiger charge is -2.34. The molecule has 0 aliphatic carbocycles. The molecule has 1 saturated heterocycles. The van der Waals surface area contributed by atoms with E-state index in [0.29, 0.717) is 52.7 Å². The van der Waals surface area contributed by atoms with E-state index in [4.69, 9.17) is 23.8 Å². The van der Waals surface area contributed by atoms with Gasteiger partial charge in [-0.15, -0.1) is 0 Å². The third kappa shape index (κ3) is 4.38. The van der Waals surface area contributed by atoms with Gasteiger partial charge in [-0.1, -0.05) is 23.7 Å². The molecule has 2 aromatic carbocycles. The fraction of sp³-hybridized carbons (Fsp3) is 0.250. The maximum atomic E-state index is 13.9. The Labute approximate surface area is 181 Å². The first-order valence-corrected chi connectivity index (χ1v) is 10.2. The summed E-state index contributed by atoms with van der Waals surface area (Å²) in [7, 11) is 0. The van der Waals surface area contributed by atoms with Crippen molar-refractivity contribution in [2.75, 3.05) is 38.0 Å². The molecule has 7 nitrogen and oxygen atoms in total. The number of para-hydroxylation sites is 1. The molecule has 1 aliphatic rings. The number of H-pyrrole nitrogens is 2. The first-order chi connectivity index (χ1) is 14.4. The number of anilines is 1. The largest absolute Gasteiger partial charge is 0.336 e. The smallest absolute Gasteiger partial charge is 0.256 e. The SMILES string of the molecule is O=C(CN1CCN(C(=O)c2cc(F)cc3[nH]c(=S)[nH]c23)CC1)Nc1ccccc1Cl. The van der Waals surface area contributed by atoms with Crippen LogP contribution in [0.25, 0.3) is 11.0 Å². The Hall–Kier alpha value is -2.75. The van der Waals surface area contributed by atoms with Crippen molar-refractivity contribution in [2.45, 2.75) is 0 Å². The zero-order valence-corrected chi connectivity index (χ0v) is 17.4. The number of carbonyl (C=O) groups excluding carboxylic acids is 2. The van der Waals surface area contributed by atoms with E-state index in [1.807, 2.05) is 4.90 Å². The standard InChI is InChI=1S/C20H19ClFN5O2S/c21-14-3-1-2-4-15(14)23-17(28)11-26-5-7-27(8-6-26)19(29)13-9-12(22)10-16-18(13)25-20(30)24-16/h1-4,9-10H,5-8,11H2,(H,23,28)(H2,24,25,30). The van der Waals surface area contributed by atoms with Crippen molar-refractivity contribution in [1.82, 2.24) is 19.8 Å². The van der Waals surface area contributed by atoms with E-state index >= 15 is 0 Å². The molecule has 156 valence electrons. The number of hydrogen-bond acceptors (Lipinski definition) is 4. The number of aromatic nitrogens is 2. The number of imidazole rings is 1. The summed E-state index contributed by atoms with van der Waals surface area (Å²) in [5.41, 5.74) is 1.76. The van der Waals surface area contributed by atoms with Crippen LogP contribution in [0.1, 0.15) is 10.4 Å². The van der Waals surface area contributed by atoms with Crippen LogP contribution in [-0.2, 0) is 4.79 Å². The van der Waals surface area contributed by atoms with E-state index < -0.39 is 5.82 Å². The van der Waals surface area contributed by atoms with Crippen LogP contribution in [0.2, 0.25) is 5.02 Å². The van der Waals surface area contributed by atoms with Gasteiger partial charge in [0.2, 0.25) is 5.91 Å². The molecule has 30 heavy (non-hydrogen) atoms. The second kappa shape index (κ2) is 8.55. The molecule has 0 atom stereocenters. The number of piperazine rings is 1. The van der Waals surface area contributed by atoms with Gasteiger partial charge in [-0.25, -0.2) is 4.39 Å². The molecular weight excluding hydrogens is 429 g/mol. The van der Waals surface area contributed by atoms with Crippen molar-refractivity contribution < 1.29 is 14.0 Å². The Bertz CT molecular complexity index is 1170. The first kappa shape index (κ1) is 20.5. The molecule has 4 rings (SSSR count). The lowest BCUT2D eigenvalue weighted by atomic mass is 10.1. The van der Waals surface area contributed by atoms with Gasteiger partial charge in [0.25, 0.3) is 5.91 Å². The average Bonchev–Trinajstić information content (AvgIpc) is 3.09. The summed E-state index contributed by atoms with van der Waals surface area (Å²) in [5.74, 6) is -0.953. The van der Waals surface area contributed by atoms with Crippen LogP contribution in [0, 0.1) is 10.6 Å². The van der Waals surface area contributed by atoms with E-state index in [1.165, 1.54) is 12.1 Å². The second-order valence-corrected chi connectivity index (χ2v) is 7.87. The van der Waals surface area contributed by atoms with E-state index in [2.05, 4.69) is 15.3 Å². The molecule has 0 saturated carbocycles. The van der Waals surface area contributed by atoms with Gasteiger partial charge in [0.15, 0.2) is 4.77 Å². The molecule has 2 amide bonds. The number of carbonyl (C=O) groups is 2. The Morgan fingerprint density at radius 1 is 1.13 bits per heavy atom. The highest BCUT2D eigenvalue weighted by Crippen LogP contribution is 2.21. The lowest BCUT2D eigenvalue weighted by molar-refractivity contribution is -0.117. The maximum absolute atomic E-state index is 13.9. The second-order valence-electron chi connectivity index (χ2n) is 7.05. The first-order valence-electron chi connectivity index (χ1n) is 9.38. The highest BCUT2D eigenvalue weighted by Gasteiger charge is 2.25.